The number of hydrogen-bond acceptors (Lipinski definition) is 3. The summed E-state index contributed by atoms with van der Waals surface area (Å²) in [6.45, 7) is 0. The molecular weight excluding hydrogens is 372 g/mol. The van der Waals surface area contributed by atoms with Crippen LogP contribution in [0.25, 0.3) is 11.0 Å². The van der Waals surface area contributed by atoms with Gasteiger partial charge >= 0.3 is 6.18 Å². The van der Waals surface area contributed by atoms with Gasteiger partial charge in [-0.05, 0) is 34.4 Å². The Labute approximate surface area is 157 Å². The molecule has 4 nitrogen and oxygen atoms in total. The standard InChI is InChI=1S/C20H13F4N4/c21-17-4-14(8-26-11-17)2-12-1-13(7-25-6-12)3-15-9-27-19-18(15)5-16(10-28-19)20(22,23)24/h1,4-5,7-11H,2-3H2,(H,27,28). The second kappa shape index (κ2) is 7.03. The molecule has 0 atom stereocenters. The fourth-order valence-electron chi connectivity index (χ4n) is 3.03. The molecule has 4 heterocycles. The summed E-state index contributed by atoms with van der Waals surface area (Å²) in [7, 11) is 0. The van der Waals surface area contributed by atoms with Crippen LogP contribution in [0.5, 0.6) is 0 Å². The van der Waals surface area contributed by atoms with Gasteiger partial charge in [0.15, 0.2) is 0 Å². The Morgan fingerprint density at radius 2 is 1.79 bits per heavy atom. The zero-order valence-electron chi connectivity index (χ0n) is 14.4. The topological polar surface area (TPSA) is 54.5 Å². The first-order valence-corrected chi connectivity index (χ1v) is 8.36. The minimum atomic E-state index is -4.45. The van der Waals surface area contributed by atoms with Crippen molar-refractivity contribution in [1.29, 1.82) is 0 Å². The Balaban J connectivity index is 1.61. The average Bonchev–Trinajstić information content (AvgIpc) is 3.03. The van der Waals surface area contributed by atoms with E-state index in [9.17, 15) is 17.6 Å². The van der Waals surface area contributed by atoms with Crippen LogP contribution in [0.15, 0.2) is 49.2 Å². The van der Waals surface area contributed by atoms with Crippen molar-refractivity contribution >= 4 is 11.0 Å². The largest absolute Gasteiger partial charge is 0.417 e. The lowest BCUT2D eigenvalue weighted by molar-refractivity contribution is -0.137. The van der Waals surface area contributed by atoms with Gasteiger partial charge < -0.3 is 4.98 Å². The maximum atomic E-state index is 13.3. The molecule has 0 spiro atoms. The van der Waals surface area contributed by atoms with E-state index < -0.39 is 17.6 Å². The van der Waals surface area contributed by atoms with E-state index in [1.807, 2.05) is 6.07 Å². The molecule has 0 amide bonds. The Hall–Kier alpha value is -3.29. The average molecular weight is 385 g/mol. The van der Waals surface area contributed by atoms with Gasteiger partial charge in [-0.15, -0.1) is 0 Å². The Bertz CT molecular complexity index is 1130. The second-order valence-corrected chi connectivity index (χ2v) is 6.41. The molecule has 0 saturated carbocycles. The number of nitrogens with one attached hydrogen (secondary N) is 1. The number of hydrogen-bond donors (Lipinski definition) is 1. The van der Waals surface area contributed by atoms with E-state index >= 15 is 0 Å². The number of aromatic nitrogens is 4. The van der Waals surface area contributed by atoms with Gasteiger partial charge in [-0.3, -0.25) is 9.97 Å². The van der Waals surface area contributed by atoms with Crippen LogP contribution in [0.1, 0.15) is 27.8 Å². The van der Waals surface area contributed by atoms with Gasteiger partial charge in [-0.2, -0.15) is 13.2 Å². The second-order valence-electron chi connectivity index (χ2n) is 6.41. The van der Waals surface area contributed by atoms with E-state index in [4.69, 9.17) is 0 Å². The van der Waals surface area contributed by atoms with Crippen LogP contribution in [-0.2, 0) is 19.0 Å². The molecule has 4 aromatic rings. The molecule has 0 bridgehead atoms. The first-order valence-electron chi connectivity index (χ1n) is 8.36. The summed E-state index contributed by atoms with van der Waals surface area (Å²) in [5, 5.41) is 0.415. The first kappa shape index (κ1) is 18.1. The summed E-state index contributed by atoms with van der Waals surface area (Å²) in [4.78, 5) is 14.6. The van der Waals surface area contributed by atoms with E-state index in [1.54, 1.807) is 18.6 Å². The van der Waals surface area contributed by atoms with Crippen molar-refractivity contribution in [1.82, 2.24) is 19.9 Å². The van der Waals surface area contributed by atoms with E-state index in [1.165, 1.54) is 6.07 Å². The SMILES string of the molecule is Fc1cncc(Cc2[c]ncc(Cc3c[nH]c4ncc(C(F)(F)F)cc34)c2)c1. The van der Waals surface area contributed by atoms with E-state index in [0.29, 0.717) is 35.0 Å². The third-order valence-electron chi connectivity index (χ3n) is 4.29. The van der Waals surface area contributed by atoms with Crippen LogP contribution in [0.3, 0.4) is 0 Å². The Morgan fingerprint density at radius 1 is 0.964 bits per heavy atom. The normalized spacial score (nSPS) is 11.9. The number of rotatable bonds is 4. The first-order chi connectivity index (χ1) is 13.4. The van der Waals surface area contributed by atoms with E-state index in [0.717, 1.165) is 29.6 Å². The number of H-pyrrole nitrogens is 1. The third-order valence-corrected chi connectivity index (χ3v) is 4.29. The van der Waals surface area contributed by atoms with Gasteiger partial charge in [0.05, 0.1) is 18.0 Å². The molecule has 0 saturated heterocycles. The molecule has 0 aliphatic rings. The highest BCUT2D eigenvalue weighted by Crippen LogP contribution is 2.31. The quantitative estimate of drug-likeness (QED) is 0.527. The zero-order chi connectivity index (χ0) is 19.7. The predicted octanol–water partition coefficient (Wildman–Crippen LogP) is 4.49. The van der Waals surface area contributed by atoms with Crippen molar-refractivity contribution in [2.24, 2.45) is 0 Å². The molecule has 1 N–H and O–H groups in total. The van der Waals surface area contributed by atoms with E-state index in [-0.39, 0.29) is 0 Å². The monoisotopic (exact) mass is 385 g/mol. The number of fused-ring (bicyclic) bond motifs is 1. The van der Waals surface area contributed by atoms with Crippen molar-refractivity contribution in [2.75, 3.05) is 0 Å². The summed E-state index contributed by atoms with van der Waals surface area (Å²) in [5.41, 5.74) is 2.50. The summed E-state index contributed by atoms with van der Waals surface area (Å²) < 4.78 is 52.2. The molecule has 8 heteroatoms. The molecule has 0 fully saturated rings. The number of alkyl halides is 3. The minimum Gasteiger partial charge on any atom is -0.346 e. The van der Waals surface area contributed by atoms with Crippen molar-refractivity contribution in [3.05, 3.63) is 89.0 Å². The zero-order valence-corrected chi connectivity index (χ0v) is 14.4. The van der Waals surface area contributed by atoms with Gasteiger partial charge in [-0.25, -0.2) is 9.37 Å². The van der Waals surface area contributed by atoms with Crippen LogP contribution < -0.4 is 0 Å². The highest BCUT2D eigenvalue weighted by molar-refractivity contribution is 5.80. The molecule has 4 rings (SSSR count). The third kappa shape index (κ3) is 3.85. The maximum absolute atomic E-state index is 13.3. The molecule has 1 radical (unpaired) electrons. The highest BCUT2D eigenvalue weighted by Gasteiger charge is 2.31. The van der Waals surface area contributed by atoms with Crippen LogP contribution >= 0.6 is 0 Å². The number of halogens is 4. The van der Waals surface area contributed by atoms with Gasteiger partial charge in [-0.1, -0.05) is 6.07 Å². The predicted molar refractivity (Wildman–Crippen MR) is 94.0 cm³/mol. The summed E-state index contributed by atoms with van der Waals surface area (Å²) in [5.74, 6) is -0.423. The van der Waals surface area contributed by atoms with Crippen molar-refractivity contribution in [2.45, 2.75) is 19.0 Å². The smallest absolute Gasteiger partial charge is 0.346 e. The Morgan fingerprint density at radius 3 is 2.57 bits per heavy atom. The van der Waals surface area contributed by atoms with E-state index in [2.05, 4.69) is 26.1 Å². The summed E-state index contributed by atoms with van der Waals surface area (Å²) >= 11 is 0. The van der Waals surface area contributed by atoms with Crippen molar-refractivity contribution in [3.63, 3.8) is 0 Å². The molecule has 28 heavy (non-hydrogen) atoms. The number of aromatic amines is 1. The van der Waals surface area contributed by atoms with Crippen LogP contribution in [0, 0.1) is 12.0 Å². The maximum Gasteiger partial charge on any atom is 0.417 e. The van der Waals surface area contributed by atoms with Crippen molar-refractivity contribution in [3.8, 4) is 0 Å². The van der Waals surface area contributed by atoms with Crippen LogP contribution in [0.2, 0.25) is 0 Å². The highest BCUT2D eigenvalue weighted by atomic mass is 19.4. The van der Waals surface area contributed by atoms with Crippen LogP contribution in [0.4, 0.5) is 17.6 Å². The lowest BCUT2D eigenvalue weighted by Gasteiger charge is -2.07. The summed E-state index contributed by atoms with van der Waals surface area (Å²) in [6, 6.07) is 4.32. The number of nitrogens with zero attached hydrogens (tertiary/aromatic N) is 3. The molecular formula is C20H13F4N4. The minimum absolute atomic E-state index is 0.374. The lowest BCUT2D eigenvalue weighted by Crippen LogP contribution is -2.05. The fourth-order valence-corrected chi connectivity index (χ4v) is 3.03. The van der Waals surface area contributed by atoms with Crippen LogP contribution in [-0.4, -0.2) is 19.9 Å². The Kier molecular flexibility index (Phi) is 4.54. The molecule has 141 valence electrons. The fraction of sp³-hybridized carbons (Fsp3) is 0.150. The molecule has 4 aromatic heterocycles. The van der Waals surface area contributed by atoms with Gasteiger partial charge in [0, 0.05) is 43.0 Å². The van der Waals surface area contributed by atoms with Gasteiger partial charge in [0.25, 0.3) is 0 Å². The summed E-state index contributed by atoms with van der Waals surface area (Å²) in [6.07, 6.45) is 5.93. The molecule has 0 aliphatic heterocycles. The molecule has 0 aromatic carbocycles. The van der Waals surface area contributed by atoms with Crippen molar-refractivity contribution < 1.29 is 17.6 Å². The molecule has 0 aliphatic carbocycles. The number of pyridine rings is 3. The lowest BCUT2D eigenvalue weighted by atomic mass is 10.0. The molecule has 0 unspecified atom stereocenters. The van der Waals surface area contributed by atoms with Gasteiger partial charge in [0.1, 0.15) is 11.5 Å². The van der Waals surface area contributed by atoms with Gasteiger partial charge in [0.2, 0.25) is 0 Å².